The van der Waals surface area contributed by atoms with E-state index in [9.17, 15) is 4.79 Å². The van der Waals surface area contributed by atoms with Crippen molar-refractivity contribution in [2.45, 2.75) is 13.8 Å². The summed E-state index contributed by atoms with van der Waals surface area (Å²) in [6.45, 7) is 3.77. The van der Waals surface area contributed by atoms with Gasteiger partial charge >= 0.3 is 0 Å². The Kier molecular flexibility index (Phi) is 5.34. The van der Waals surface area contributed by atoms with Crippen molar-refractivity contribution < 1.29 is 0 Å². The fraction of sp³-hybridized carbons (Fsp3) is 0.167. The molecule has 0 aliphatic rings. The molecule has 0 aliphatic carbocycles. The van der Waals surface area contributed by atoms with Crippen LogP contribution in [0.5, 0.6) is 0 Å². The van der Waals surface area contributed by atoms with Crippen LogP contribution in [-0.2, 0) is 7.05 Å². The zero-order chi connectivity index (χ0) is 18.7. The molecule has 2 aromatic heterocycles. The monoisotopic (exact) mass is 385 g/mol. The molecule has 1 aromatic carbocycles. The molecule has 0 unspecified atom stereocenters. The lowest BCUT2D eigenvalue weighted by Gasteiger charge is -2.07. The van der Waals surface area contributed by atoms with E-state index in [4.69, 9.17) is 12.2 Å². The van der Waals surface area contributed by atoms with E-state index < -0.39 is 0 Å². The molecular weight excluding hydrogens is 366 g/mol. The molecule has 134 valence electrons. The number of benzene rings is 1. The summed E-state index contributed by atoms with van der Waals surface area (Å²) in [6.07, 6.45) is 0. The van der Waals surface area contributed by atoms with Gasteiger partial charge in [0.1, 0.15) is 5.69 Å². The molecule has 0 fully saturated rings. The Morgan fingerprint density at radius 1 is 1.19 bits per heavy atom. The molecule has 6 nitrogen and oxygen atoms in total. The Hall–Kier alpha value is -2.71. The van der Waals surface area contributed by atoms with Crippen molar-refractivity contribution in [1.29, 1.82) is 0 Å². The van der Waals surface area contributed by atoms with Crippen LogP contribution in [0.15, 0.2) is 57.7 Å². The third-order valence-corrected chi connectivity index (χ3v) is 5.17. The number of nitrogens with one attached hydrogen (secondary N) is 2. The molecule has 8 heteroatoms. The SMILES string of the molecule is C/C(=N/NC(=S)Nc1c(C)n(C)n(-c2ccccc2)c1=O)c1cccs1. The first-order chi connectivity index (χ1) is 12.5. The second-order valence-electron chi connectivity index (χ2n) is 5.68. The van der Waals surface area contributed by atoms with Gasteiger partial charge in [-0.2, -0.15) is 5.10 Å². The first kappa shape index (κ1) is 18.1. The number of nitrogens with zero attached hydrogens (tertiary/aromatic N) is 3. The maximum atomic E-state index is 12.8. The van der Waals surface area contributed by atoms with E-state index >= 15 is 0 Å². The second-order valence-corrected chi connectivity index (χ2v) is 7.03. The summed E-state index contributed by atoms with van der Waals surface area (Å²) in [6, 6.07) is 13.4. The molecular formula is C18H19N5OS2. The smallest absolute Gasteiger partial charge is 0.295 e. The van der Waals surface area contributed by atoms with Crippen LogP contribution >= 0.6 is 23.6 Å². The summed E-state index contributed by atoms with van der Waals surface area (Å²) in [7, 11) is 1.84. The Labute approximate surface area is 160 Å². The largest absolute Gasteiger partial charge is 0.325 e. The van der Waals surface area contributed by atoms with Crippen molar-refractivity contribution in [2.24, 2.45) is 12.1 Å². The number of aromatic nitrogens is 2. The predicted molar refractivity (Wildman–Crippen MR) is 112 cm³/mol. The van der Waals surface area contributed by atoms with E-state index in [1.807, 2.05) is 68.7 Å². The van der Waals surface area contributed by atoms with Gasteiger partial charge in [0.15, 0.2) is 5.11 Å². The number of anilines is 1. The van der Waals surface area contributed by atoms with Gasteiger partial charge < -0.3 is 5.32 Å². The molecule has 3 rings (SSSR count). The van der Waals surface area contributed by atoms with E-state index in [0.717, 1.165) is 22.0 Å². The van der Waals surface area contributed by atoms with E-state index in [0.29, 0.717) is 5.69 Å². The molecule has 0 saturated carbocycles. The van der Waals surface area contributed by atoms with Crippen LogP contribution in [0.25, 0.3) is 5.69 Å². The summed E-state index contributed by atoms with van der Waals surface area (Å²) in [5, 5.41) is 9.50. The average molecular weight is 386 g/mol. The zero-order valence-electron chi connectivity index (χ0n) is 14.7. The van der Waals surface area contributed by atoms with E-state index in [1.54, 1.807) is 20.7 Å². The molecule has 0 atom stereocenters. The lowest BCUT2D eigenvalue weighted by Crippen LogP contribution is -2.28. The average Bonchev–Trinajstić information content (AvgIpc) is 3.25. The number of hydrazone groups is 1. The molecule has 0 aliphatic heterocycles. The standard InChI is InChI=1S/C18H19N5OS2/c1-12(15-10-7-11-26-15)20-21-18(25)19-16-13(2)22(3)23(17(16)24)14-8-5-4-6-9-14/h4-11H,1-3H3,(H2,19,21,25)/b20-12-. The number of para-hydroxylation sites is 1. The molecule has 0 amide bonds. The van der Waals surface area contributed by atoms with Crippen LogP contribution < -0.4 is 16.3 Å². The fourth-order valence-electron chi connectivity index (χ4n) is 2.53. The molecule has 26 heavy (non-hydrogen) atoms. The van der Waals surface area contributed by atoms with Gasteiger partial charge in [-0.3, -0.25) is 14.9 Å². The molecule has 0 bridgehead atoms. The third-order valence-electron chi connectivity index (χ3n) is 4.00. The predicted octanol–water partition coefficient (Wildman–Crippen LogP) is 3.26. The number of rotatable bonds is 4. The highest BCUT2D eigenvalue weighted by atomic mass is 32.1. The maximum absolute atomic E-state index is 12.8. The van der Waals surface area contributed by atoms with Gasteiger partial charge in [0.25, 0.3) is 5.56 Å². The minimum Gasteiger partial charge on any atom is -0.325 e. The minimum absolute atomic E-state index is 0.167. The quantitative estimate of drug-likeness (QED) is 0.411. The lowest BCUT2D eigenvalue weighted by atomic mass is 10.3. The van der Waals surface area contributed by atoms with Crippen molar-refractivity contribution in [2.75, 3.05) is 5.32 Å². The summed E-state index contributed by atoms with van der Waals surface area (Å²) in [4.78, 5) is 13.9. The molecule has 0 saturated heterocycles. The van der Waals surface area contributed by atoms with Crippen LogP contribution in [0, 0.1) is 6.92 Å². The second kappa shape index (κ2) is 7.67. The van der Waals surface area contributed by atoms with Gasteiger partial charge in [0.2, 0.25) is 0 Å². The number of thiocarbonyl (C=S) groups is 1. The van der Waals surface area contributed by atoms with Gasteiger partial charge in [-0.25, -0.2) is 4.68 Å². The highest BCUT2D eigenvalue weighted by molar-refractivity contribution is 7.80. The highest BCUT2D eigenvalue weighted by Crippen LogP contribution is 2.14. The van der Waals surface area contributed by atoms with E-state index in [1.165, 1.54) is 0 Å². The van der Waals surface area contributed by atoms with Crippen molar-refractivity contribution >= 4 is 40.1 Å². The third kappa shape index (κ3) is 3.61. The molecule has 0 radical (unpaired) electrons. The number of thiophene rings is 1. The number of hydrogen-bond donors (Lipinski definition) is 2. The van der Waals surface area contributed by atoms with Gasteiger partial charge in [-0.05, 0) is 49.6 Å². The van der Waals surface area contributed by atoms with Crippen LogP contribution in [0.4, 0.5) is 5.69 Å². The van der Waals surface area contributed by atoms with Gasteiger partial charge in [0, 0.05) is 11.9 Å². The van der Waals surface area contributed by atoms with Crippen molar-refractivity contribution in [3.05, 3.63) is 68.8 Å². The van der Waals surface area contributed by atoms with Crippen molar-refractivity contribution in [3.8, 4) is 5.69 Å². The van der Waals surface area contributed by atoms with Crippen LogP contribution in [0.3, 0.4) is 0 Å². The first-order valence-electron chi connectivity index (χ1n) is 7.98. The number of hydrogen-bond acceptors (Lipinski definition) is 4. The lowest BCUT2D eigenvalue weighted by molar-refractivity contribution is 0.630. The molecule has 3 aromatic rings. The summed E-state index contributed by atoms with van der Waals surface area (Å²) >= 11 is 6.89. The van der Waals surface area contributed by atoms with Gasteiger partial charge in [-0.1, -0.05) is 24.3 Å². The Bertz CT molecular complexity index is 1000. The Balaban J connectivity index is 1.81. The summed E-state index contributed by atoms with van der Waals surface area (Å²) in [5.74, 6) is 0. The zero-order valence-corrected chi connectivity index (χ0v) is 16.3. The first-order valence-corrected chi connectivity index (χ1v) is 9.27. The van der Waals surface area contributed by atoms with E-state index in [-0.39, 0.29) is 10.7 Å². The fourth-order valence-corrected chi connectivity index (χ4v) is 3.35. The maximum Gasteiger partial charge on any atom is 0.295 e. The minimum atomic E-state index is -0.167. The molecule has 2 N–H and O–H groups in total. The normalized spacial score (nSPS) is 11.4. The van der Waals surface area contributed by atoms with Crippen molar-refractivity contribution in [3.63, 3.8) is 0 Å². The Morgan fingerprint density at radius 2 is 1.92 bits per heavy atom. The van der Waals surface area contributed by atoms with Crippen LogP contribution in [-0.4, -0.2) is 20.2 Å². The van der Waals surface area contributed by atoms with Crippen molar-refractivity contribution in [1.82, 2.24) is 14.8 Å². The Morgan fingerprint density at radius 3 is 2.58 bits per heavy atom. The highest BCUT2D eigenvalue weighted by Gasteiger charge is 2.16. The van der Waals surface area contributed by atoms with Gasteiger partial charge in [0.05, 0.1) is 17.1 Å². The van der Waals surface area contributed by atoms with Crippen LogP contribution in [0.2, 0.25) is 0 Å². The molecule has 0 spiro atoms. The van der Waals surface area contributed by atoms with Gasteiger partial charge in [-0.15, -0.1) is 11.3 Å². The summed E-state index contributed by atoms with van der Waals surface area (Å²) < 4.78 is 3.39. The van der Waals surface area contributed by atoms with Crippen LogP contribution in [0.1, 0.15) is 17.5 Å². The summed E-state index contributed by atoms with van der Waals surface area (Å²) in [5.41, 5.74) is 5.46. The molecule has 2 heterocycles. The topological polar surface area (TPSA) is 63.4 Å². The van der Waals surface area contributed by atoms with E-state index in [2.05, 4.69) is 15.8 Å².